The predicted molar refractivity (Wildman–Crippen MR) is 72.7 cm³/mol. The van der Waals surface area contributed by atoms with Crippen molar-refractivity contribution < 1.29 is 28.9 Å². The number of carbonyl (C=O) groups excluding carboxylic acids is 2. The zero-order chi connectivity index (χ0) is 16.0. The predicted octanol–water partition coefficient (Wildman–Crippen LogP) is 0.118. The lowest BCUT2D eigenvalue weighted by molar-refractivity contribution is -0.307. The van der Waals surface area contributed by atoms with Gasteiger partial charge in [-0.05, 0) is 32.9 Å². The van der Waals surface area contributed by atoms with Crippen LogP contribution in [0.1, 0.15) is 20.8 Å². The molecule has 0 saturated carbocycles. The summed E-state index contributed by atoms with van der Waals surface area (Å²) in [5.74, 6) is -1.63. The van der Waals surface area contributed by atoms with Crippen molar-refractivity contribution in [3.8, 4) is 11.5 Å². The van der Waals surface area contributed by atoms with E-state index in [1.165, 1.54) is 18.2 Å². The van der Waals surface area contributed by atoms with Crippen LogP contribution in [0.2, 0.25) is 0 Å². The lowest BCUT2D eigenvalue weighted by Gasteiger charge is -2.20. The SMILES string of the molecule is CC(C)(C)OC(=O)COc1cc(N)ccc1OCC(=O)[O-]. The van der Waals surface area contributed by atoms with Crippen molar-refractivity contribution in [2.24, 2.45) is 0 Å². The van der Waals surface area contributed by atoms with Gasteiger partial charge in [0.05, 0.1) is 5.97 Å². The first-order valence-corrected chi connectivity index (χ1v) is 6.24. The number of hydrogen-bond acceptors (Lipinski definition) is 7. The molecule has 0 heterocycles. The molecule has 0 unspecified atom stereocenters. The maximum Gasteiger partial charge on any atom is 0.344 e. The summed E-state index contributed by atoms with van der Waals surface area (Å²) < 4.78 is 15.3. The smallest absolute Gasteiger partial charge is 0.344 e. The third-order valence-electron chi connectivity index (χ3n) is 2.08. The van der Waals surface area contributed by atoms with Crippen LogP contribution >= 0.6 is 0 Å². The Morgan fingerprint density at radius 1 is 1.14 bits per heavy atom. The Balaban J connectivity index is 2.70. The van der Waals surface area contributed by atoms with Gasteiger partial charge in [0.15, 0.2) is 18.1 Å². The van der Waals surface area contributed by atoms with Crippen molar-refractivity contribution in [1.82, 2.24) is 0 Å². The molecular weight excluding hydrogens is 278 g/mol. The summed E-state index contributed by atoms with van der Waals surface area (Å²) >= 11 is 0. The zero-order valence-electron chi connectivity index (χ0n) is 12.2. The van der Waals surface area contributed by atoms with Crippen LogP contribution in [-0.4, -0.2) is 30.8 Å². The quantitative estimate of drug-likeness (QED) is 0.586. The van der Waals surface area contributed by atoms with Gasteiger partial charge in [-0.15, -0.1) is 0 Å². The number of nitrogen functional groups attached to an aromatic ring is 1. The lowest BCUT2D eigenvalue weighted by atomic mass is 10.2. The van der Waals surface area contributed by atoms with Gasteiger partial charge in [0, 0.05) is 11.8 Å². The highest BCUT2D eigenvalue weighted by Crippen LogP contribution is 2.29. The van der Waals surface area contributed by atoms with Gasteiger partial charge in [-0.2, -0.15) is 0 Å². The number of rotatable bonds is 6. The number of carbonyl (C=O) groups is 2. The molecule has 0 saturated heterocycles. The summed E-state index contributed by atoms with van der Waals surface area (Å²) in [7, 11) is 0. The van der Waals surface area contributed by atoms with Crippen LogP contribution in [0, 0.1) is 0 Å². The van der Waals surface area contributed by atoms with Gasteiger partial charge >= 0.3 is 5.97 Å². The van der Waals surface area contributed by atoms with Crippen molar-refractivity contribution in [2.75, 3.05) is 18.9 Å². The molecule has 116 valence electrons. The molecule has 2 N–H and O–H groups in total. The summed E-state index contributed by atoms with van der Waals surface area (Å²) in [6, 6.07) is 4.39. The van der Waals surface area contributed by atoms with E-state index in [1.54, 1.807) is 20.8 Å². The molecule has 0 radical (unpaired) electrons. The topological polar surface area (TPSA) is 111 Å². The number of anilines is 1. The minimum absolute atomic E-state index is 0.150. The van der Waals surface area contributed by atoms with Gasteiger partial charge in [-0.3, -0.25) is 0 Å². The summed E-state index contributed by atoms with van der Waals surface area (Å²) in [5, 5.41) is 10.4. The van der Waals surface area contributed by atoms with Crippen molar-refractivity contribution >= 4 is 17.6 Å². The van der Waals surface area contributed by atoms with E-state index >= 15 is 0 Å². The fraction of sp³-hybridized carbons (Fsp3) is 0.429. The van der Waals surface area contributed by atoms with Crippen LogP contribution in [0.3, 0.4) is 0 Å². The standard InChI is InChI=1S/C14H19NO6/c1-14(2,3)21-13(18)8-20-11-6-9(15)4-5-10(11)19-7-12(16)17/h4-6H,7-8,15H2,1-3H3,(H,16,17)/p-1. The normalized spacial score (nSPS) is 10.8. The number of hydrogen-bond donors (Lipinski definition) is 1. The Labute approximate surface area is 122 Å². The van der Waals surface area contributed by atoms with Crippen LogP contribution in [0.15, 0.2) is 18.2 Å². The van der Waals surface area contributed by atoms with Gasteiger partial charge in [-0.1, -0.05) is 0 Å². The fourth-order valence-electron chi connectivity index (χ4n) is 1.40. The van der Waals surface area contributed by atoms with Crippen molar-refractivity contribution in [3.05, 3.63) is 18.2 Å². The average Bonchev–Trinajstić information content (AvgIpc) is 2.33. The molecule has 0 aliphatic heterocycles. The van der Waals surface area contributed by atoms with Gasteiger partial charge in [0.2, 0.25) is 0 Å². The molecule has 1 aromatic carbocycles. The molecule has 0 aliphatic carbocycles. The number of ether oxygens (including phenoxy) is 3. The molecule has 1 rings (SSSR count). The molecule has 0 aliphatic rings. The Bertz CT molecular complexity index is 521. The molecular formula is C14H18NO6-. The minimum atomic E-state index is -1.37. The average molecular weight is 296 g/mol. The third-order valence-corrected chi connectivity index (χ3v) is 2.08. The second kappa shape index (κ2) is 6.83. The maximum atomic E-state index is 11.6. The second-order valence-corrected chi connectivity index (χ2v) is 5.24. The van der Waals surface area contributed by atoms with E-state index in [1.807, 2.05) is 0 Å². The first-order valence-electron chi connectivity index (χ1n) is 6.24. The number of nitrogens with two attached hydrogens (primary N) is 1. The van der Waals surface area contributed by atoms with Gasteiger partial charge in [0.25, 0.3) is 0 Å². The van der Waals surface area contributed by atoms with Crippen LogP contribution < -0.4 is 20.3 Å². The second-order valence-electron chi connectivity index (χ2n) is 5.24. The van der Waals surface area contributed by atoms with E-state index in [2.05, 4.69) is 0 Å². The molecule has 21 heavy (non-hydrogen) atoms. The number of carboxylic acid groups (broad SMARTS) is 1. The van der Waals surface area contributed by atoms with Gasteiger partial charge in [-0.25, -0.2) is 4.79 Å². The number of benzene rings is 1. The lowest BCUT2D eigenvalue weighted by Crippen LogP contribution is -2.29. The third kappa shape index (κ3) is 6.51. The summed E-state index contributed by atoms with van der Waals surface area (Å²) in [4.78, 5) is 22.0. The Hall–Kier alpha value is -2.44. The van der Waals surface area contributed by atoms with E-state index in [4.69, 9.17) is 19.9 Å². The molecule has 0 bridgehead atoms. The summed E-state index contributed by atoms with van der Waals surface area (Å²) in [6.07, 6.45) is 0. The van der Waals surface area contributed by atoms with Crippen LogP contribution in [-0.2, 0) is 14.3 Å². The van der Waals surface area contributed by atoms with Crippen LogP contribution in [0.4, 0.5) is 5.69 Å². The highest BCUT2D eigenvalue weighted by molar-refractivity contribution is 5.72. The monoisotopic (exact) mass is 296 g/mol. The first-order chi connectivity index (χ1) is 9.67. The number of carboxylic acids is 1. The minimum Gasteiger partial charge on any atom is -0.546 e. The Morgan fingerprint density at radius 3 is 2.33 bits per heavy atom. The molecule has 0 aromatic heterocycles. The molecule has 7 heteroatoms. The Morgan fingerprint density at radius 2 is 1.76 bits per heavy atom. The number of aliphatic carboxylic acids is 1. The van der Waals surface area contributed by atoms with Gasteiger partial charge < -0.3 is 29.8 Å². The molecule has 0 fully saturated rings. The van der Waals surface area contributed by atoms with E-state index < -0.39 is 24.1 Å². The van der Waals surface area contributed by atoms with E-state index in [0.717, 1.165) is 0 Å². The van der Waals surface area contributed by atoms with Crippen molar-refractivity contribution in [3.63, 3.8) is 0 Å². The Kier molecular flexibility index (Phi) is 5.40. The first kappa shape index (κ1) is 16.6. The van der Waals surface area contributed by atoms with Crippen molar-refractivity contribution in [1.29, 1.82) is 0 Å². The van der Waals surface area contributed by atoms with E-state index in [0.29, 0.717) is 5.69 Å². The largest absolute Gasteiger partial charge is 0.546 e. The fourth-order valence-corrected chi connectivity index (χ4v) is 1.40. The van der Waals surface area contributed by atoms with E-state index in [9.17, 15) is 14.7 Å². The zero-order valence-corrected chi connectivity index (χ0v) is 12.2. The highest BCUT2D eigenvalue weighted by atomic mass is 16.6. The molecule has 0 amide bonds. The summed E-state index contributed by atoms with van der Waals surface area (Å²) in [5.41, 5.74) is 5.37. The van der Waals surface area contributed by atoms with Crippen LogP contribution in [0.25, 0.3) is 0 Å². The van der Waals surface area contributed by atoms with Gasteiger partial charge in [0.1, 0.15) is 12.2 Å². The molecule has 0 spiro atoms. The summed E-state index contributed by atoms with van der Waals surface area (Å²) in [6.45, 7) is 4.23. The molecule has 1 aromatic rings. The van der Waals surface area contributed by atoms with Crippen LogP contribution in [0.5, 0.6) is 11.5 Å². The maximum absolute atomic E-state index is 11.6. The van der Waals surface area contributed by atoms with Crippen molar-refractivity contribution in [2.45, 2.75) is 26.4 Å². The molecule has 7 nitrogen and oxygen atoms in total. The highest BCUT2D eigenvalue weighted by Gasteiger charge is 2.17. The molecule has 0 atom stereocenters. The van der Waals surface area contributed by atoms with E-state index in [-0.39, 0.29) is 18.1 Å². The number of esters is 1.